The van der Waals surface area contributed by atoms with E-state index in [1.54, 1.807) is 0 Å². The number of hydrogen-bond acceptors (Lipinski definition) is 4. The van der Waals surface area contributed by atoms with Gasteiger partial charge in [0.15, 0.2) is 5.78 Å². The average molecular weight is 444 g/mol. The Balaban J connectivity index is 1.55. The second kappa shape index (κ2) is 6.99. The van der Waals surface area contributed by atoms with Crippen LogP contribution in [0.15, 0.2) is 41.3 Å². The van der Waals surface area contributed by atoms with E-state index in [1.807, 2.05) is 0 Å². The number of carbonyl (C=O) groups excluding carboxylic acids is 1. The van der Waals surface area contributed by atoms with Gasteiger partial charge in [-0.1, -0.05) is 23.2 Å². The Bertz CT molecular complexity index is 1050. The van der Waals surface area contributed by atoms with Gasteiger partial charge in [0.25, 0.3) is 0 Å². The van der Waals surface area contributed by atoms with E-state index in [4.69, 9.17) is 27.9 Å². The fourth-order valence-electron chi connectivity index (χ4n) is 3.68. The molecule has 4 rings (SSSR count). The molecule has 0 atom stereocenters. The summed E-state index contributed by atoms with van der Waals surface area (Å²) in [5, 5.41) is 0.619. The van der Waals surface area contributed by atoms with Crippen molar-refractivity contribution in [2.75, 3.05) is 13.1 Å². The van der Waals surface area contributed by atoms with Crippen LogP contribution in [0.25, 0.3) is 0 Å². The van der Waals surface area contributed by atoms with E-state index in [1.165, 1.54) is 28.6 Å². The maximum absolute atomic E-state index is 13.1. The summed E-state index contributed by atoms with van der Waals surface area (Å²) >= 11 is 12.2. The molecule has 5 nitrogen and oxygen atoms in total. The second-order valence-corrected chi connectivity index (χ2v) is 9.79. The molecule has 0 unspecified atom stereocenters. The third-order valence-corrected chi connectivity index (χ3v) is 7.61. The number of fused-ring (bicyclic) bond motifs is 1. The third-order valence-electron chi connectivity index (χ3n) is 5.20. The third kappa shape index (κ3) is 3.41. The highest BCUT2D eigenvalue weighted by Crippen LogP contribution is 2.44. The quantitative estimate of drug-likeness (QED) is 0.692. The lowest BCUT2D eigenvalue weighted by molar-refractivity contribution is 0.00598. The normalized spacial score (nSPS) is 19.3. The van der Waals surface area contributed by atoms with Gasteiger partial charge in [-0.15, -0.1) is 0 Å². The predicted octanol–water partition coefficient (Wildman–Crippen LogP) is 4.32. The molecule has 0 N–H and O–H groups in total. The number of ether oxygens (including phenoxy) is 1. The first-order valence-electron chi connectivity index (χ1n) is 8.67. The van der Waals surface area contributed by atoms with Crippen molar-refractivity contribution in [3.63, 3.8) is 0 Å². The van der Waals surface area contributed by atoms with Crippen LogP contribution >= 0.6 is 23.2 Å². The number of carbonyl (C=O) groups is 1. The van der Waals surface area contributed by atoms with Crippen molar-refractivity contribution in [1.82, 2.24) is 4.31 Å². The molecule has 28 heavy (non-hydrogen) atoms. The molecule has 148 valence electrons. The molecule has 2 heterocycles. The van der Waals surface area contributed by atoms with Crippen LogP contribution in [0.2, 0.25) is 10.0 Å². The van der Waals surface area contributed by atoms with Crippen LogP contribution in [0.3, 0.4) is 0 Å². The second-order valence-electron chi connectivity index (χ2n) is 7.01. The summed E-state index contributed by atoms with van der Waals surface area (Å²) in [5.74, 6) is -0.320. The molecule has 0 saturated carbocycles. The van der Waals surface area contributed by atoms with Gasteiger partial charge in [0.2, 0.25) is 10.0 Å². The lowest BCUT2D eigenvalue weighted by Gasteiger charge is -2.43. The van der Waals surface area contributed by atoms with Crippen molar-refractivity contribution in [1.29, 1.82) is 0 Å². The first-order chi connectivity index (χ1) is 13.2. The van der Waals surface area contributed by atoms with E-state index in [9.17, 15) is 17.6 Å². The molecule has 1 fully saturated rings. The first-order valence-corrected chi connectivity index (χ1v) is 10.9. The Kier molecular flexibility index (Phi) is 4.90. The highest BCUT2D eigenvalue weighted by atomic mass is 35.5. The Morgan fingerprint density at radius 2 is 1.71 bits per heavy atom. The number of nitrogens with zero attached hydrogens (tertiary/aromatic N) is 1. The van der Waals surface area contributed by atoms with Crippen LogP contribution < -0.4 is 4.74 Å². The van der Waals surface area contributed by atoms with E-state index >= 15 is 0 Å². The maximum Gasteiger partial charge on any atom is 0.243 e. The van der Waals surface area contributed by atoms with Crippen LogP contribution in [0.4, 0.5) is 4.39 Å². The monoisotopic (exact) mass is 443 g/mol. The minimum Gasteiger partial charge on any atom is -0.484 e. The van der Waals surface area contributed by atoms with Crippen LogP contribution in [-0.2, 0) is 10.0 Å². The summed E-state index contributed by atoms with van der Waals surface area (Å²) in [6.45, 7) is 0.376. The Labute approximate surface area is 172 Å². The lowest BCUT2D eigenvalue weighted by Crippen LogP contribution is -2.52. The fourth-order valence-corrected chi connectivity index (χ4v) is 5.65. The smallest absolute Gasteiger partial charge is 0.243 e. The molecule has 0 radical (unpaired) electrons. The maximum atomic E-state index is 13.1. The Hall–Kier alpha value is -1.67. The predicted molar refractivity (Wildman–Crippen MR) is 103 cm³/mol. The van der Waals surface area contributed by atoms with Crippen LogP contribution in [0.5, 0.6) is 5.75 Å². The molecule has 2 aromatic rings. The van der Waals surface area contributed by atoms with Gasteiger partial charge in [-0.2, -0.15) is 4.31 Å². The molecular formula is C19H16Cl2FNO4S. The molecule has 0 aliphatic carbocycles. The topological polar surface area (TPSA) is 63.7 Å². The van der Waals surface area contributed by atoms with Crippen LogP contribution in [0.1, 0.15) is 29.6 Å². The molecule has 1 saturated heterocycles. The molecular weight excluding hydrogens is 428 g/mol. The van der Waals surface area contributed by atoms with E-state index in [-0.39, 0.29) is 35.2 Å². The van der Waals surface area contributed by atoms with Gasteiger partial charge in [-0.25, -0.2) is 12.8 Å². The number of Topliss-reactive ketones (excluding diaryl/α,β-unsaturated/α-hetero) is 1. The number of sulfonamides is 1. The molecule has 2 aromatic carbocycles. The Morgan fingerprint density at radius 1 is 1.07 bits per heavy atom. The van der Waals surface area contributed by atoms with Gasteiger partial charge in [-0.05, 0) is 36.4 Å². The van der Waals surface area contributed by atoms with Crippen LogP contribution in [0, 0.1) is 5.82 Å². The number of rotatable bonds is 2. The van der Waals surface area contributed by atoms with E-state index < -0.39 is 21.4 Å². The van der Waals surface area contributed by atoms with Gasteiger partial charge in [0, 0.05) is 31.0 Å². The zero-order valence-electron chi connectivity index (χ0n) is 14.6. The zero-order chi connectivity index (χ0) is 20.1. The fraction of sp³-hybridized carbons (Fsp3) is 0.316. The summed E-state index contributed by atoms with van der Waals surface area (Å²) < 4.78 is 46.1. The van der Waals surface area contributed by atoms with E-state index in [0.717, 1.165) is 12.1 Å². The van der Waals surface area contributed by atoms with E-state index in [0.29, 0.717) is 29.2 Å². The number of hydrogen-bond donors (Lipinski definition) is 0. The molecule has 0 amide bonds. The summed E-state index contributed by atoms with van der Waals surface area (Å²) in [6, 6.07) is 7.77. The summed E-state index contributed by atoms with van der Waals surface area (Å²) in [7, 11) is -3.74. The van der Waals surface area contributed by atoms with Crippen LogP contribution in [-0.4, -0.2) is 37.2 Å². The number of halogens is 3. The highest BCUT2D eigenvalue weighted by molar-refractivity contribution is 7.89. The summed E-state index contributed by atoms with van der Waals surface area (Å²) in [4.78, 5) is 12.7. The van der Waals surface area contributed by atoms with Crippen molar-refractivity contribution in [3.8, 4) is 5.75 Å². The molecule has 9 heteroatoms. The van der Waals surface area contributed by atoms with Gasteiger partial charge < -0.3 is 4.74 Å². The average Bonchev–Trinajstić information content (AvgIpc) is 2.64. The minimum atomic E-state index is -3.74. The van der Waals surface area contributed by atoms with Gasteiger partial charge in [0.05, 0.1) is 21.9 Å². The van der Waals surface area contributed by atoms with Crippen molar-refractivity contribution >= 4 is 39.0 Å². The van der Waals surface area contributed by atoms with E-state index in [2.05, 4.69) is 0 Å². The molecule has 2 aliphatic heterocycles. The lowest BCUT2D eigenvalue weighted by atomic mass is 9.83. The first kappa shape index (κ1) is 19.6. The number of benzene rings is 2. The van der Waals surface area contributed by atoms with Crippen molar-refractivity contribution in [3.05, 3.63) is 57.8 Å². The number of ketones is 1. The van der Waals surface area contributed by atoms with Crippen molar-refractivity contribution in [2.45, 2.75) is 29.8 Å². The van der Waals surface area contributed by atoms with Gasteiger partial charge in [0.1, 0.15) is 17.2 Å². The number of piperidine rings is 1. The minimum absolute atomic E-state index is 0.0357. The SMILES string of the molecule is O=C1CC2(CCN(S(=O)(=O)c3ccc(F)cc3)CC2)Oc2c(Cl)cc(Cl)cc21. The standard InChI is InChI=1S/C19H16Cl2FNO4S/c20-12-9-15-17(24)11-19(27-18(15)16(21)10-12)5-7-23(8-6-19)28(25,26)14-3-1-13(22)2-4-14/h1-4,9-10H,5-8,11H2. The molecule has 0 bridgehead atoms. The summed E-state index contributed by atoms with van der Waals surface area (Å²) in [6.07, 6.45) is 0.830. The zero-order valence-corrected chi connectivity index (χ0v) is 17.0. The largest absolute Gasteiger partial charge is 0.484 e. The molecule has 1 spiro atoms. The van der Waals surface area contributed by atoms with Gasteiger partial charge >= 0.3 is 0 Å². The Morgan fingerprint density at radius 3 is 2.36 bits per heavy atom. The van der Waals surface area contributed by atoms with Crippen molar-refractivity contribution < 1.29 is 22.3 Å². The van der Waals surface area contributed by atoms with Gasteiger partial charge in [-0.3, -0.25) is 4.79 Å². The molecule has 0 aromatic heterocycles. The summed E-state index contributed by atoms with van der Waals surface area (Å²) in [5.41, 5.74) is -0.444. The molecule has 2 aliphatic rings. The van der Waals surface area contributed by atoms with Crippen molar-refractivity contribution in [2.24, 2.45) is 0 Å². The highest BCUT2D eigenvalue weighted by Gasteiger charge is 2.45.